The lowest BCUT2D eigenvalue weighted by atomic mass is 10.1. The Balaban J connectivity index is 2.14. The van der Waals surface area contributed by atoms with Gasteiger partial charge in [-0.05, 0) is 38.3 Å². The summed E-state index contributed by atoms with van der Waals surface area (Å²) in [4.78, 5) is 6.61. The monoisotopic (exact) mass is 245 g/mol. The molecule has 1 aromatic heterocycles. The summed E-state index contributed by atoms with van der Waals surface area (Å²) < 4.78 is 0. The Hall–Kier alpha value is -1.35. The zero-order valence-corrected chi connectivity index (χ0v) is 11.4. The van der Waals surface area contributed by atoms with E-state index in [2.05, 4.69) is 41.7 Å². The fraction of sp³-hybridized carbons (Fsp3) is 0.533. The molecule has 18 heavy (non-hydrogen) atoms. The Kier molecular flexibility index (Phi) is 4.37. The normalized spacial score (nSPS) is 14.8. The van der Waals surface area contributed by atoms with E-state index in [1.54, 1.807) is 0 Å². The summed E-state index contributed by atoms with van der Waals surface area (Å²) in [7, 11) is 0. The zero-order valence-electron chi connectivity index (χ0n) is 11.4. The van der Waals surface area contributed by atoms with E-state index in [1.165, 1.54) is 24.1 Å². The van der Waals surface area contributed by atoms with Crippen LogP contribution in [0.1, 0.15) is 32.3 Å². The zero-order chi connectivity index (χ0) is 13.0. The van der Waals surface area contributed by atoms with Crippen molar-refractivity contribution in [2.24, 2.45) is 0 Å². The van der Waals surface area contributed by atoms with Crippen LogP contribution in [0.3, 0.4) is 0 Å². The number of hydrogen-bond donors (Lipinski definition) is 1. The van der Waals surface area contributed by atoms with Crippen molar-refractivity contribution in [2.75, 3.05) is 11.4 Å². The Morgan fingerprint density at radius 1 is 1.56 bits per heavy atom. The van der Waals surface area contributed by atoms with Crippen LogP contribution in [0.15, 0.2) is 31.1 Å². The average Bonchev–Trinajstić information content (AvgIpc) is 3.18. The maximum atomic E-state index is 4.27. The summed E-state index contributed by atoms with van der Waals surface area (Å²) >= 11 is 0. The van der Waals surface area contributed by atoms with Crippen molar-refractivity contribution in [1.82, 2.24) is 10.3 Å². The van der Waals surface area contributed by atoms with Gasteiger partial charge in [-0.2, -0.15) is 0 Å². The van der Waals surface area contributed by atoms with Crippen molar-refractivity contribution < 1.29 is 0 Å². The second-order valence-electron chi connectivity index (χ2n) is 5.19. The van der Waals surface area contributed by atoms with Crippen molar-refractivity contribution in [3.8, 4) is 0 Å². The van der Waals surface area contributed by atoms with Gasteiger partial charge in [-0.1, -0.05) is 6.08 Å². The van der Waals surface area contributed by atoms with Crippen LogP contribution in [-0.4, -0.2) is 23.6 Å². The van der Waals surface area contributed by atoms with Gasteiger partial charge in [0.25, 0.3) is 0 Å². The molecule has 1 aliphatic carbocycles. The molecule has 1 N–H and O–H groups in total. The minimum absolute atomic E-state index is 0.451. The molecular formula is C15H23N3. The fourth-order valence-electron chi connectivity index (χ4n) is 2.09. The third kappa shape index (κ3) is 3.33. The number of pyridine rings is 1. The summed E-state index contributed by atoms with van der Waals surface area (Å²) in [6, 6.07) is 3.30. The number of rotatable bonds is 7. The maximum Gasteiger partial charge on any atom is 0.0603 e. The first-order valence-corrected chi connectivity index (χ1v) is 6.76. The van der Waals surface area contributed by atoms with Crippen molar-refractivity contribution >= 4 is 5.69 Å². The molecule has 0 radical (unpaired) electrons. The van der Waals surface area contributed by atoms with Crippen LogP contribution < -0.4 is 10.2 Å². The van der Waals surface area contributed by atoms with Crippen LogP contribution in [0.5, 0.6) is 0 Å². The molecule has 98 valence electrons. The standard InChI is InChI=1S/C15H23N3/c1-4-9-18(12(2)3)15-11-16-8-7-13(15)10-17-14-5-6-14/h4,7-8,11-12,14,17H,1,5-6,9-10H2,2-3H3. The largest absolute Gasteiger partial charge is 0.364 e. The molecule has 0 aliphatic heterocycles. The van der Waals surface area contributed by atoms with Crippen LogP contribution in [-0.2, 0) is 6.54 Å². The summed E-state index contributed by atoms with van der Waals surface area (Å²) in [6.07, 6.45) is 8.43. The Bertz CT molecular complexity index is 396. The first-order valence-electron chi connectivity index (χ1n) is 6.76. The molecule has 3 nitrogen and oxygen atoms in total. The number of nitrogens with one attached hydrogen (secondary N) is 1. The van der Waals surface area contributed by atoms with E-state index in [1.807, 2.05) is 18.5 Å². The molecule has 1 saturated carbocycles. The van der Waals surface area contributed by atoms with Crippen LogP contribution in [0.2, 0.25) is 0 Å². The van der Waals surface area contributed by atoms with E-state index in [4.69, 9.17) is 0 Å². The molecule has 0 bridgehead atoms. The van der Waals surface area contributed by atoms with Gasteiger partial charge in [0.15, 0.2) is 0 Å². The van der Waals surface area contributed by atoms with Crippen LogP contribution in [0.25, 0.3) is 0 Å². The number of nitrogens with zero attached hydrogens (tertiary/aromatic N) is 2. The molecule has 0 unspecified atom stereocenters. The highest BCUT2D eigenvalue weighted by Crippen LogP contribution is 2.24. The van der Waals surface area contributed by atoms with Gasteiger partial charge in [0, 0.05) is 31.4 Å². The van der Waals surface area contributed by atoms with E-state index in [0.717, 1.165) is 19.1 Å². The van der Waals surface area contributed by atoms with Gasteiger partial charge in [-0.3, -0.25) is 4.98 Å². The molecule has 0 saturated heterocycles. The van der Waals surface area contributed by atoms with Crippen LogP contribution >= 0.6 is 0 Å². The quantitative estimate of drug-likeness (QED) is 0.749. The first kappa shape index (κ1) is 13.1. The number of hydrogen-bond acceptors (Lipinski definition) is 3. The van der Waals surface area contributed by atoms with Crippen molar-refractivity contribution in [3.63, 3.8) is 0 Å². The van der Waals surface area contributed by atoms with Crippen LogP contribution in [0, 0.1) is 0 Å². The van der Waals surface area contributed by atoms with Gasteiger partial charge in [0.05, 0.1) is 11.9 Å². The van der Waals surface area contributed by atoms with Crippen molar-refractivity contribution in [2.45, 2.75) is 45.3 Å². The molecule has 0 spiro atoms. The molecule has 0 aromatic carbocycles. The highest BCUT2D eigenvalue weighted by atomic mass is 15.2. The first-order chi connectivity index (χ1) is 8.72. The predicted octanol–water partition coefficient (Wildman–Crippen LogP) is 2.73. The lowest BCUT2D eigenvalue weighted by Crippen LogP contribution is -2.32. The van der Waals surface area contributed by atoms with Gasteiger partial charge in [-0.15, -0.1) is 6.58 Å². The lowest BCUT2D eigenvalue weighted by Gasteiger charge is -2.29. The van der Waals surface area contributed by atoms with E-state index < -0.39 is 0 Å². The second kappa shape index (κ2) is 6.01. The molecular weight excluding hydrogens is 222 g/mol. The Morgan fingerprint density at radius 2 is 2.33 bits per heavy atom. The molecule has 2 rings (SSSR count). The van der Waals surface area contributed by atoms with Gasteiger partial charge < -0.3 is 10.2 Å². The molecule has 1 heterocycles. The van der Waals surface area contributed by atoms with E-state index in [9.17, 15) is 0 Å². The third-order valence-corrected chi connectivity index (χ3v) is 3.30. The summed E-state index contributed by atoms with van der Waals surface area (Å²) in [5.41, 5.74) is 2.55. The fourth-order valence-corrected chi connectivity index (χ4v) is 2.09. The minimum Gasteiger partial charge on any atom is -0.364 e. The predicted molar refractivity (Wildman–Crippen MR) is 76.8 cm³/mol. The van der Waals surface area contributed by atoms with Gasteiger partial charge in [-0.25, -0.2) is 0 Å². The molecule has 1 aliphatic rings. The van der Waals surface area contributed by atoms with Crippen LogP contribution in [0.4, 0.5) is 5.69 Å². The third-order valence-electron chi connectivity index (χ3n) is 3.30. The number of aromatic nitrogens is 1. The SMILES string of the molecule is C=CCN(c1cnccc1CNC1CC1)C(C)C. The molecule has 1 aromatic rings. The molecule has 1 fully saturated rings. The summed E-state index contributed by atoms with van der Waals surface area (Å²) in [6.45, 7) is 10.0. The summed E-state index contributed by atoms with van der Waals surface area (Å²) in [5, 5.41) is 3.57. The molecule has 0 amide bonds. The number of anilines is 1. The Morgan fingerprint density at radius 3 is 2.94 bits per heavy atom. The summed E-state index contributed by atoms with van der Waals surface area (Å²) in [5.74, 6) is 0. The Labute approximate surface area is 110 Å². The minimum atomic E-state index is 0.451. The van der Waals surface area contributed by atoms with Gasteiger partial charge >= 0.3 is 0 Å². The average molecular weight is 245 g/mol. The molecule has 0 atom stereocenters. The molecule has 3 heteroatoms. The van der Waals surface area contributed by atoms with Crippen molar-refractivity contribution in [1.29, 1.82) is 0 Å². The maximum absolute atomic E-state index is 4.27. The smallest absolute Gasteiger partial charge is 0.0603 e. The van der Waals surface area contributed by atoms with E-state index >= 15 is 0 Å². The lowest BCUT2D eigenvalue weighted by molar-refractivity contribution is 0.672. The van der Waals surface area contributed by atoms with E-state index in [-0.39, 0.29) is 0 Å². The topological polar surface area (TPSA) is 28.2 Å². The second-order valence-corrected chi connectivity index (χ2v) is 5.19. The highest BCUT2D eigenvalue weighted by molar-refractivity contribution is 5.52. The van der Waals surface area contributed by atoms with Gasteiger partial charge in [0.1, 0.15) is 0 Å². The van der Waals surface area contributed by atoms with E-state index in [0.29, 0.717) is 6.04 Å². The van der Waals surface area contributed by atoms with Crippen molar-refractivity contribution in [3.05, 3.63) is 36.7 Å². The van der Waals surface area contributed by atoms with Gasteiger partial charge in [0.2, 0.25) is 0 Å². The highest BCUT2D eigenvalue weighted by Gasteiger charge is 2.21.